The zero-order valence-electron chi connectivity index (χ0n) is 12.7. The van der Waals surface area contributed by atoms with Crippen LogP contribution in [0.15, 0.2) is 42.5 Å². The van der Waals surface area contributed by atoms with Crippen LogP contribution in [0.1, 0.15) is 30.4 Å². The van der Waals surface area contributed by atoms with Crippen molar-refractivity contribution < 1.29 is 9.47 Å². The predicted octanol–water partition coefficient (Wildman–Crippen LogP) is 5.07. The van der Waals surface area contributed by atoms with Crippen LogP contribution in [0.25, 0.3) is 0 Å². The summed E-state index contributed by atoms with van der Waals surface area (Å²) in [4.78, 5) is 0. The van der Waals surface area contributed by atoms with Gasteiger partial charge in [0.05, 0.1) is 13.2 Å². The molecule has 3 rings (SSSR count). The smallest absolute Gasteiger partial charge is 0.119 e. The second-order valence-electron chi connectivity index (χ2n) is 5.64. The summed E-state index contributed by atoms with van der Waals surface area (Å²) in [6.07, 6.45) is 5.87. The average Bonchev–Trinajstić information content (AvgIpc) is 2.56. The largest absolute Gasteiger partial charge is 0.493 e. The van der Waals surface area contributed by atoms with Crippen LogP contribution in [-0.4, -0.2) is 13.2 Å². The van der Waals surface area contributed by atoms with Gasteiger partial charge in [0.15, 0.2) is 0 Å². The molecule has 1 aliphatic carbocycles. The Balaban J connectivity index is 1.40. The van der Waals surface area contributed by atoms with E-state index in [4.69, 9.17) is 21.1 Å². The highest BCUT2D eigenvalue weighted by atomic mass is 35.5. The van der Waals surface area contributed by atoms with Crippen LogP contribution < -0.4 is 9.47 Å². The second kappa shape index (κ2) is 7.55. The Labute approximate surface area is 137 Å². The van der Waals surface area contributed by atoms with E-state index in [1.54, 1.807) is 0 Å². The molecule has 22 heavy (non-hydrogen) atoms. The monoisotopic (exact) mass is 316 g/mol. The number of rotatable bonds is 6. The molecule has 0 bridgehead atoms. The van der Waals surface area contributed by atoms with E-state index >= 15 is 0 Å². The summed E-state index contributed by atoms with van der Waals surface area (Å²) < 4.78 is 11.5. The van der Waals surface area contributed by atoms with Gasteiger partial charge in [0.1, 0.15) is 11.5 Å². The number of fused-ring (bicyclic) bond motifs is 1. The Bertz CT molecular complexity index is 607. The quantitative estimate of drug-likeness (QED) is 0.693. The van der Waals surface area contributed by atoms with E-state index in [1.165, 1.54) is 36.8 Å². The Morgan fingerprint density at radius 3 is 2.18 bits per heavy atom. The first-order chi connectivity index (χ1) is 10.8. The average molecular weight is 317 g/mol. The van der Waals surface area contributed by atoms with Crippen molar-refractivity contribution in [1.29, 1.82) is 0 Å². The van der Waals surface area contributed by atoms with Gasteiger partial charge in [-0.1, -0.05) is 17.7 Å². The lowest BCUT2D eigenvalue weighted by molar-refractivity contribution is 0.247. The molecule has 0 aliphatic heterocycles. The summed E-state index contributed by atoms with van der Waals surface area (Å²) >= 11 is 5.84. The first-order valence-electron chi connectivity index (χ1n) is 7.94. The number of ether oxygens (including phenoxy) is 2. The van der Waals surface area contributed by atoms with Gasteiger partial charge in [-0.15, -0.1) is 0 Å². The molecule has 0 N–H and O–H groups in total. The molecular formula is C19H21ClO2. The summed E-state index contributed by atoms with van der Waals surface area (Å²) in [7, 11) is 0. The standard InChI is InChI=1S/C19H21ClO2/c20-17-7-10-18(11-8-17)21-12-3-13-22-19-9-6-15-4-1-2-5-16(15)14-19/h6-11,14H,1-5,12-13H2. The van der Waals surface area contributed by atoms with Crippen molar-refractivity contribution in [3.8, 4) is 11.5 Å². The molecule has 0 atom stereocenters. The van der Waals surface area contributed by atoms with Gasteiger partial charge >= 0.3 is 0 Å². The minimum atomic E-state index is 0.645. The van der Waals surface area contributed by atoms with E-state index in [1.807, 2.05) is 24.3 Å². The maximum absolute atomic E-state index is 5.84. The van der Waals surface area contributed by atoms with Gasteiger partial charge in [-0.25, -0.2) is 0 Å². The van der Waals surface area contributed by atoms with Gasteiger partial charge in [0.25, 0.3) is 0 Å². The first-order valence-corrected chi connectivity index (χ1v) is 8.32. The predicted molar refractivity (Wildman–Crippen MR) is 90.1 cm³/mol. The molecule has 0 spiro atoms. The summed E-state index contributed by atoms with van der Waals surface area (Å²) in [5.41, 5.74) is 2.95. The summed E-state index contributed by atoms with van der Waals surface area (Å²) in [6, 6.07) is 13.9. The van der Waals surface area contributed by atoms with E-state index in [0.717, 1.165) is 22.9 Å². The van der Waals surface area contributed by atoms with E-state index < -0.39 is 0 Å². The van der Waals surface area contributed by atoms with Crippen molar-refractivity contribution in [2.45, 2.75) is 32.1 Å². The number of aryl methyl sites for hydroxylation is 2. The third-order valence-electron chi connectivity index (χ3n) is 3.96. The summed E-state index contributed by atoms with van der Waals surface area (Å²) in [6.45, 7) is 1.32. The molecule has 0 saturated heterocycles. The van der Waals surface area contributed by atoms with Crippen molar-refractivity contribution >= 4 is 11.6 Å². The maximum atomic E-state index is 5.84. The van der Waals surface area contributed by atoms with Crippen LogP contribution in [0.2, 0.25) is 5.02 Å². The van der Waals surface area contributed by atoms with Crippen LogP contribution in [-0.2, 0) is 12.8 Å². The normalized spacial score (nSPS) is 13.5. The van der Waals surface area contributed by atoms with Crippen LogP contribution in [0, 0.1) is 0 Å². The number of hydrogen-bond donors (Lipinski definition) is 0. The molecule has 2 nitrogen and oxygen atoms in total. The van der Waals surface area contributed by atoms with E-state index in [2.05, 4.69) is 18.2 Å². The van der Waals surface area contributed by atoms with Gasteiger partial charge in [-0.05, 0) is 73.2 Å². The van der Waals surface area contributed by atoms with Crippen molar-refractivity contribution in [3.63, 3.8) is 0 Å². The highest BCUT2D eigenvalue weighted by molar-refractivity contribution is 6.30. The lowest BCUT2D eigenvalue weighted by atomic mass is 9.92. The molecule has 0 amide bonds. The topological polar surface area (TPSA) is 18.5 Å². The van der Waals surface area contributed by atoms with E-state index in [9.17, 15) is 0 Å². The number of hydrogen-bond acceptors (Lipinski definition) is 2. The van der Waals surface area contributed by atoms with E-state index in [-0.39, 0.29) is 0 Å². The van der Waals surface area contributed by atoms with Gasteiger partial charge < -0.3 is 9.47 Å². The summed E-state index contributed by atoms with van der Waals surface area (Å²) in [5, 5.41) is 0.725. The fourth-order valence-corrected chi connectivity index (χ4v) is 2.90. The summed E-state index contributed by atoms with van der Waals surface area (Å²) in [5.74, 6) is 1.82. The molecule has 0 aromatic heterocycles. The zero-order chi connectivity index (χ0) is 15.2. The fraction of sp³-hybridized carbons (Fsp3) is 0.368. The first kappa shape index (κ1) is 15.2. The number of halogens is 1. The van der Waals surface area contributed by atoms with Gasteiger partial charge in [-0.2, -0.15) is 0 Å². The molecular weight excluding hydrogens is 296 g/mol. The zero-order valence-corrected chi connectivity index (χ0v) is 13.4. The van der Waals surface area contributed by atoms with Gasteiger partial charge in [-0.3, -0.25) is 0 Å². The van der Waals surface area contributed by atoms with Crippen LogP contribution >= 0.6 is 11.6 Å². The molecule has 1 aliphatic rings. The highest BCUT2D eigenvalue weighted by Gasteiger charge is 2.09. The SMILES string of the molecule is Clc1ccc(OCCCOc2ccc3c(c2)CCCC3)cc1. The Hall–Kier alpha value is -1.67. The molecule has 0 fully saturated rings. The molecule has 0 heterocycles. The molecule has 0 radical (unpaired) electrons. The second-order valence-corrected chi connectivity index (χ2v) is 6.08. The van der Waals surface area contributed by atoms with Crippen molar-refractivity contribution in [3.05, 3.63) is 58.6 Å². The molecule has 116 valence electrons. The van der Waals surface area contributed by atoms with Crippen molar-refractivity contribution in [2.75, 3.05) is 13.2 Å². The lowest BCUT2D eigenvalue weighted by Gasteiger charge is -2.16. The lowest BCUT2D eigenvalue weighted by Crippen LogP contribution is -2.06. The van der Waals surface area contributed by atoms with Crippen molar-refractivity contribution in [1.82, 2.24) is 0 Å². The highest BCUT2D eigenvalue weighted by Crippen LogP contribution is 2.25. The Morgan fingerprint density at radius 2 is 1.41 bits per heavy atom. The fourth-order valence-electron chi connectivity index (χ4n) is 2.77. The minimum Gasteiger partial charge on any atom is -0.493 e. The molecule has 0 unspecified atom stereocenters. The van der Waals surface area contributed by atoms with Crippen LogP contribution in [0.5, 0.6) is 11.5 Å². The third kappa shape index (κ3) is 4.17. The molecule has 2 aromatic carbocycles. The van der Waals surface area contributed by atoms with Gasteiger partial charge in [0.2, 0.25) is 0 Å². The maximum Gasteiger partial charge on any atom is 0.119 e. The molecule has 3 heteroatoms. The Morgan fingerprint density at radius 1 is 0.773 bits per heavy atom. The van der Waals surface area contributed by atoms with Crippen molar-refractivity contribution in [2.24, 2.45) is 0 Å². The van der Waals surface area contributed by atoms with E-state index in [0.29, 0.717) is 13.2 Å². The molecule has 0 saturated carbocycles. The number of benzene rings is 2. The minimum absolute atomic E-state index is 0.645. The Kier molecular flexibility index (Phi) is 5.23. The third-order valence-corrected chi connectivity index (χ3v) is 4.21. The van der Waals surface area contributed by atoms with Crippen LogP contribution in [0.4, 0.5) is 0 Å². The van der Waals surface area contributed by atoms with Crippen LogP contribution in [0.3, 0.4) is 0 Å². The molecule has 2 aromatic rings. The van der Waals surface area contributed by atoms with Gasteiger partial charge in [0, 0.05) is 11.4 Å².